The zero-order valence-corrected chi connectivity index (χ0v) is 10.7. The predicted octanol–water partition coefficient (Wildman–Crippen LogP) is 2.33. The molecular weight excluding hydrogens is 242 g/mol. The molecule has 0 spiro atoms. The maximum Gasteiger partial charge on any atom is 0.325 e. The summed E-state index contributed by atoms with van der Waals surface area (Å²) in [4.78, 5) is 11.7. The third-order valence-electron chi connectivity index (χ3n) is 3.29. The third kappa shape index (κ3) is 2.48. The first kappa shape index (κ1) is 12.5. The molecule has 0 saturated carbocycles. The van der Waals surface area contributed by atoms with Crippen LogP contribution in [0, 0.1) is 0 Å². The number of carbonyl (C=O) groups excluding carboxylic acids is 1. The summed E-state index contributed by atoms with van der Waals surface area (Å²) in [5.41, 5.74) is -0.642. The first-order chi connectivity index (χ1) is 8.05. The minimum Gasteiger partial charge on any atom is -0.468 e. The SMILES string of the molecule is COC(=O)C1(C)CC(c2ccc(Cl)o2)CCN1. The summed E-state index contributed by atoms with van der Waals surface area (Å²) in [6, 6.07) is 3.60. The number of hydrogen-bond acceptors (Lipinski definition) is 4. The molecule has 0 radical (unpaired) electrons. The van der Waals surface area contributed by atoms with Gasteiger partial charge in [0.2, 0.25) is 0 Å². The summed E-state index contributed by atoms with van der Waals surface area (Å²) in [5.74, 6) is 0.805. The molecule has 2 atom stereocenters. The standard InChI is InChI=1S/C12H16ClNO3/c1-12(11(15)16-2)7-8(5-6-14-12)9-3-4-10(13)17-9/h3-4,8,14H,5-7H2,1-2H3. The Morgan fingerprint density at radius 1 is 1.65 bits per heavy atom. The van der Waals surface area contributed by atoms with Crippen molar-refractivity contribution in [3.05, 3.63) is 23.1 Å². The highest BCUT2D eigenvalue weighted by Gasteiger charge is 2.40. The second kappa shape index (κ2) is 4.70. The van der Waals surface area contributed by atoms with E-state index in [0.717, 1.165) is 18.7 Å². The van der Waals surface area contributed by atoms with Crippen LogP contribution in [0.25, 0.3) is 0 Å². The largest absolute Gasteiger partial charge is 0.468 e. The number of ether oxygens (including phenoxy) is 1. The average molecular weight is 258 g/mol. The number of nitrogens with one attached hydrogen (secondary N) is 1. The summed E-state index contributed by atoms with van der Waals surface area (Å²) >= 11 is 5.77. The lowest BCUT2D eigenvalue weighted by atomic mass is 9.82. The maximum atomic E-state index is 11.7. The fourth-order valence-corrected chi connectivity index (χ4v) is 2.51. The van der Waals surface area contributed by atoms with Crippen LogP contribution in [0.15, 0.2) is 16.5 Å². The van der Waals surface area contributed by atoms with Crippen molar-refractivity contribution in [1.82, 2.24) is 5.32 Å². The quantitative estimate of drug-likeness (QED) is 0.827. The minimum atomic E-state index is -0.642. The fourth-order valence-electron chi connectivity index (χ4n) is 2.36. The molecule has 5 heteroatoms. The van der Waals surface area contributed by atoms with E-state index in [0.29, 0.717) is 11.6 Å². The van der Waals surface area contributed by atoms with Crippen molar-refractivity contribution in [3.8, 4) is 0 Å². The van der Waals surface area contributed by atoms with Crippen LogP contribution in [-0.2, 0) is 9.53 Å². The monoisotopic (exact) mass is 257 g/mol. The third-order valence-corrected chi connectivity index (χ3v) is 3.50. The summed E-state index contributed by atoms with van der Waals surface area (Å²) < 4.78 is 10.2. The van der Waals surface area contributed by atoms with Gasteiger partial charge in [-0.25, -0.2) is 0 Å². The van der Waals surface area contributed by atoms with Crippen molar-refractivity contribution in [2.75, 3.05) is 13.7 Å². The Bertz CT molecular complexity index is 418. The first-order valence-electron chi connectivity index (χ1n) is 5.64. The first-order valence-corrected chi connectivity index (χ1v) is 6.01. The van der Waals surface area contributed by atoms with E-state index in [-0.39, 0.29) is 11.9 Å². The van der Waals surface area contributed by atoms with Gasteiger partial charge in [-0.2, -0.15) is 0 Å². The average Bonchev–Trinajstić information content (AvgIpc) is 2.75. The van der Waals surface area contributed by atoms with Gasteiger partial charge < -0.3 is 14.5 Å². The van der Waals surface area contributed by atoms with E-state index in [2.05, 4.69) is 5.32 Å². The number of esters is 1. The van der Waals surface area contributed by atoms with Crippen LogP contribution < -0.4 is 5.32 Å². The zero-order chi connectivity index (χ0) is 12.5. The van der Waals surface area contributed by atoms with Crippen LogP contribution in [0.5, 0.6) is 0 Å². The van der Waals surface area contributed by atoms with Crippen LogP contribution in [0.2, 0.25) is 5.22 Å². The Balaban J connectivity index is 2.14. The van der Waals surface area contributed by atoms with Gasteiger partial charge in [-0.1, -0.05) is 0 Å². The van der Waals surface area contributed by atoms with E-state index < -0.39 is 5.54 Å². The van der Waals surface area contributed by atoms with Gasteiger partial charge >= 0.3 is 5.97 Å². The molecule has 2 heterocycles. The molecule has 4 nitrogen and oxygen atoms in total. The van der Waals surface area contributed by atoms with Crippen molar-refractivity contribution in [2.24, 2.45) is 0 Å². The van der Waals surface area contributed by atoms with Gasteiger partial charge in [-0.05, 0) is 50.0 Å². The lowest BCUT2D eigenvalue weighted by molar-refractivity contribution is -0.149. The van der Waals surface area contributed by atoms with Gasteiger partial charge in [0.15, 0.2) is 5.22 Å². The summed E-state index contributed by atoms with van der Waals surface area (Å²) in [6.07, 6.45) is 1.58. The van der Waals surface area contributed by atoms with Crippen LogP contribution in [-0.4, -0.2) is 25.2 Å². The highest BCUT2D eigenvalue weighted by Crippen LogP contribution is 2.34. The number of rotatable bonds is 2. The molecule has 1 N–H and O–H groups in total. The van der Waals surface area contributed by atoms with Gasteiger partial charge in [0.25, 0.3) is 0 Å². The number of furan rings is 1. The summed E-state index contributed by atoms with van der Waals surface area (Å²) in [7, 11) is 1.41. The Morgan fingerprint density at radius 2 is 2.41 bits per heavy atom. The Kier molecular flexibility index (Phi) is 3.45. The van der Waals surface area contributed by atoms with Crippen molar-refractivity contribution >= 4 is 17.6 Å². The molecule has 2 unspecified atom stereocenters. The highest BCUT2D eigenvalue weighted by atomic mass is 35.5. The number of methoxy groups -OCH3 is 1. The van der Waals surface area contributed by atoms with E-state index in [1.807, 2.05) is 13.0 Å². The van der Waals surface area contributed by atoms with Crippen molar-refractivity contribution < 1.29 is 13.9 Å². The Morgan fingerprint density at radius 3 is 3.00 bits per heavy atom. The second-order valence-electron chi connectivity index (χ2n) is 4.58. The van der Waals surface area contributed by atoms with Gasteiger partial charge in [-0.3, -0.25) is 4.79 Å². The molecule has 0 aliphatic carbocycles. The van der Waals surface area contributed by atoms with E-state index in [9.17, 15) is 4.79 Å². The molecule has 1 aromatic heterocycles. The van der Waals surface area contributed by atoms with Crippen LogP contribution in [0.4, 0.5) is 0 Å². The number of piperidine rings is 1. The Labute approximate surface area is 105 Å². The molecule has 94 valence electrons. The van der Waals surface area contributed by atoms with Crippen molar-refractivity contribution in [3.63, 3.8) is 0 Å². The zero-order valence-electron chi connectivity index (χ0n) is 9.96. The molecule has 1 aliphatic rings. The highest BCUT2D eigenvalue weighted by molar-refractivity contribution is 6.28. The molecule has 2 rings (SSSR count). The lowest BCUT2D eigenvalue weighted by Gasteiger charge is -2.36. The van der Waals surface area contributed by atoms with E-state index in [4.69, 9.17) is 20.8 Å². The van der Waals surface area contributed by atoms with Crippen molar-refractivity contribution in [1.29, 1.82) is 0 Å². The normalized spacial score (nSPS) is 29.0. The van der Waals surface area contributed by atoms with E-state index >= 15 is 0 Å². The molecule has 1 saturated heterocycles. The van der Waals surface area contributed by atoms with Gasteiger partial charge in [-0.15, -0.1) is 0 Å². The fraction of sp³-hybridized carbons (Fsp3) is 0.583. The molecular formula is C12H16ClNO3. The minimum absolute atomic E-state index is 0.202. The molecule has 1 fully saturated rings. The smallest absolute Gasteiger partial charge is 0.325 e. The number of halogens is 1. The number of hydrogen-bond donors (Lipinski definition) is 1. The van der Waals surface area contributed by atoms with Gasteiger partial charge in [0.1, 0.15) is 11.3 Å². The molecule has 0 aromatic carbocycles. The lowest BCUT2D eigenvalue weighted by Crippen LogP contribution is -2.54. The predicted molar refractivity (Wildman–Crippen MR) is 64.1 cm³/mol. The van der Waals surface area contributed by atoms with Gasteiger partial charge in [0, 0.05) is 5.92 Å². The number of carbonyl (C=O) groups is 1. The molecule has 0 bridgehead atoms. The van der Waals surface area contributed by atoms with Crippen LogP contribution >= 0.6 is 11.6 Å². The molecule has 17 heavy (non-hydrogen) atoms. The second-order valence-corrected chi connectivity index (χ2v) is 4.95. The van der Waals surface area contributed by atoms with Gasteiger partial charge in [0.05, 0.1) is 7.11 Å². The van der Waals surface area contributed by atoms with Crippen LogP contribution in [0.1, 0.15) is 31.4 Å². The summed E-state index contributed by atoms with van der Waals surface area (Å²) in [5, 5.41) is 3.59. The maximum absolute atomic E-state index is 11.7. The summed E-state index contributed by atoms with van der Waals surface area (Å²) in [6.45, 7) is 2.62. The van der Waals surface area contributed by atoms with Crippen LogP contribution in [0.3, 0.4) is 0 Å². The Hall–Kier alpha value is -1.00. The molecule has 1 aromatic rings. The van der Waals surface area contributed by atoms with Crippen molar-refractivity contribution in [2.45, 2.75) is 31.2 Å². The topological polar surface area (TPSA) is 51.5 Å². The molecule has 0 amide bonds. The van der Waals surface area contributed by atoms with E-state index in [1.165, 1.54) is 7.11 Å². The molecule has 1 aliphatic heterocycles. The van der Waals surface area contributed by atoms with E-state index in [1.54, 1.807) is 6.07 Å².